The molecule has 1 aliphatic rings. The Labute approximate surface area is 144 Å². The number of hydrogen-bond acceptors (Lipinski definition) is 5. The highest BCUT2D eigenvalue weighted by molar-refractivity contribution is 5.94. The summed E-state index contributed by atoms with van der Waals surface area (Å²) in [6, 6.07) is 11.4. The van der Waals surface area contributed by atoms with E-state index in [0.717, 1.165) is 16.5 Å². The number of para-hydroxylation sites is 1. The van der Waals surface area contributed by atoms with Crippen LogP contribution in [-0.2, 0) is 0 Å². The van der Waals surface area contributed by atoms with Gasteiger partial charge in [-0.05, 0) is 42.5 Å². The minimum Gasteiger partial charge on any atom is -0.393 e. The molecular weight excluding hydrogens is 316 g/mol. The molecule has 25 heavy (non-hydrogen) atoms. The van der Waals surface area contributed by atoms with Crippen molar-refractivity contribution in [3.8, 4) is 0 Å². The molecule has 0 radical (unpaired) electrons. The highest BCUT2D eigenvalue weighted by Gasteiger charge is 2.36. The van der Waals surface area contributed by atoms with Crippen LogP contribution in [0.3, 0.4) is 0 Å². The van der Waals surface area contributed by atoms with Gasteiger partial charge in [-0.3, -0.25) is 9.78 Å². The monoisotopic (exact) mass is 334 g/mol. The molecule has 0 bridgehead atoms. The zero-order chi connectivity index (χ0) is 17.2. The highest BCUT2D eigenvalue weighted by atomic mass is 16.3. The average molecular weight is 334 g/mol. The van der Waals surface area contributed by atoms with Gasteiger partial charge >= 0.3 is 0 Å². The van der Waals surface area contributed by atoms with Gasteiger partial charge in [-0.25, -0.2) is 0 Å². The first-order chi connectivity index (χ1) is 12.2. The van der Waals surface area contributed by atoms with E-state index < -0.39 is 0 Å². The van der Waals surface area contributed by atoms with Crippen LogP contribution in [0.5, 0.6) is 0 Å². The number of carbonyl (C=O) groups is 1. The lowest BCUT2D eigenvalue weighted by molar-refractivity contribution is 0.0235. The molecule has 2 aromatic heterocycles. The molecule has 0 saturated heterocycles. The summed E-state index contributed by atoms with van der Waals surface area (Å²) < 4.78 is 0. The standard InChI is InChI=1S/C19H18N4O2/c24-16-8-14(9-16)18(23-19(25)13-5-6-21-22-11-13)15-7-12-3-1-2-4-17(12)20-10-15/h1-7,10-11,14,16,18,24H,8-9H2,(H,23,25). The number of aliphatic hydroxyl groups excluding tert-OH is 1. The first-order valence-electron chi connectivity index (χ1n) is 8.31. The summed E-state index contributed by atoms with van der Waals surface area (Å²) in [4.78, 5) is 17.1. The molecule has 126 valence electrons. The zero-order valence-corrected chi connectivity index (χ0v) is 13.5. The van der Waals surface area contributed by atoms with Gasteiger partial charge in [0.2, 0.25) is 0 Å². The molecule has 6 nitrogen and oxygen atoms in total. The average Bonchev–Trinajstić information content (AvgIpc) is 2.64. The minimum atomic E-state index is -0.291. The Morgan fingerprint density at radius 3 is 2.76 bits per heavy atom. The molecule has 4 rings (SSSR count). The minimum absolute atomic E-state index is 0.191. The fraction of sp³-hybridized carbons (Fsp3) is 0.263. The van der Waals surface area contributed by atoms with Crippen molar-refractivity contribution in [2.45, 2.75) is 25.0 Å². The van der Waals surface area contributed by atoms with Gasteiger partial charge in [0.05, 0.1) is 35.6 Å². The first-order valence-corrected chi connectivity index (χ1v) is 8.31. The van der Waals surface area contributed by atoms with E-state index in [9.17, 15) is 9.90 Å². The molecule has 1 aliphatic carbocycles. The Balaban J connectivity index is 1.64. The van der Waals surface area contributed by atoms with Gasteiger partial charge in [0.1, 0.15) is 0 Å². The lowest BCUT2D eigenvalue weighted by atomic mass is 9.75. The number of amides is 1. The van der Waals surface area contributed by atoms with Crippen LogP contribution in [0, 0.1) is 5.92 Å². The van der Waals surface area contributed by atoms with Crippen LogP contribution in [0.4, 0.5) is 0 Å². The van der Waals surface area contributed by atoms with Gasteiger partial charge in [0.25, 0.3) is 5.91 Å². The van der Waals surface area contributed by atoms with Crippen molar-refractivity contribution >= 4 is 16.8 Å². The topological polar surface area (TPSA) is 88.0 Å². The van der Waals surface area contributed by atoms with Crippen molar-refractivity contribution in [2.24, 2.45) is 5.92 Å². The Morgan fingerprint density at radius 2 is 2.00 bits per heavy atom. The van der Waals surface area contributed by atoms with E-state index in [-0.39, 0.29) is 24.0 Å². The first kappa shape index (κ1) is 15.7. The van der Waals surface area contributed by atoms with E-state index in [1.165, 1.54) is 12.4 Å². The summed E-state index contributed by atoms with van der Waals surface area (Å²) in [5.41, 5.74) is 2.34. The third-order valence-corrected chi connectivity index (χ3v) is 4.72. The molecule has 1 aromatic carbocycles. The van der Waals surface area contributed by atoms with Crippen LogP contribution in [-0.4, -0.2) is 32.3 Å². The van der Waals surface area contributed by atoms with Crippen LogP contribution < -0.4 is 5.32 Å². The van der Waals surface area contributed by atoms with Crippen LogP contribution in [0.2, 0.25) is 0 Å². The van der Waals surface area contributed by atoms with Crippen LogP contribution >= 0.6 is 0 Å². The Morgan fingerprint density at radius 1 is 1.16 bits per heavy atom. The van der Waals surface area contributed by atoms with Gasteiger partial charge in [0, 0.05) is 11.6 Å². The summed E-state index contributed by atoms with van der Waals surface area (Å²) in [6.07, 6.45) is 5.80. The molecule has 1 amide bonds. The molecule has 1 atom stereocenters. The van der Waals surface area contributed by atoms with Gasteiger partial charge in [-0.15, -0.1) is 0 Å². The van der Waals surface area contributed by atoms with Crippen molar-refractivity contribution in [3.63, 3.8) is 0 Å². The summed E-state index contributed by atoms with van der Waals surface area (Å²) >= 11 is 0. The quantitative estimate of drug-likeness (QED) is 0.764. The fourth-order valence-corrected chi connectivity index (χ4v) is 3.28. The third-order valence-electron chi connectivity index (χ3n) is 4.72. The van der Waals surface area contributed by atoms with Crippen molar-refractivity contribution in [3.05, 3.63) is 66.1 Å². The van der Waals surface area contributed by atoms with Gasteiger partial charge in [0.15, 0.2) is 0 Å². The number of pyridine rings is 1. The third kappa shape index (κ3) is 3.21. The molecule has 2 N–H and O–H groups in total. The van der Waals surface area contributed by atoms with Gasteiger partial charge in [-0.2, -0.15) is 10.2 Å². The van der Waals surface area contributed by atoms with Crippen LogP contribution in [0.15, 0.2) is 55.0 Å². The summed E-state index contributed by atoms with van der Waals surface area (Å²) in [6.45, 7) is 0. The Bertz CT molecular complexity index is 894. The summed E-state index contributed by atoms with van der Waals surface area (Å²) in [5, 5.41) is 21.3. The van der Waals surface area contributed by atoms with Crippen molar-refractivity contribution in [1.29, 1.82) is 0 Å². The molecule has 1 fully saturated rings. The maximum absolute atomic E-state index is 12.6. The number of fused-ring (bicyclic) bond motifs is 1. The predicted octanol–water partition coefficient (Wildman–Crippen LogP) is 2.27. The van der Waals surface area contributed by atoms with E-state index in [4.69, 9.17) is 0 Å². The SMILES string of the molecule is O=C(NC(c1cnc2ccccc2c1)C1CC(O)C1)c1ccnnc1. The number of rotatable bonds is 4. The molecule has 2 heterocycles. The molecule has 1 unspecified atom stereocenters. The Hall–Kier alpha value is -2.86. The number of hydrogen-bond donors (Lipinski definition) is 2. The largest absolute Gasteiger partial charge is 0.393 e. The summed E-state index contributed by atoms with van der Waals surface area (Å²) in [7, 11) is 0. The van der Waals surface area contributed by atoms with Crippen LogP contribution in [0.25, 0.3) is 10.9 Å². The molecule has 6 heteroatoms. The van der Waals surface area contributed by atoms with E-state index >= 15 is 0 Å². The van der Waals surface area contributed by atoms with Crippen LogP contribution in [0.1, 0.15) is 34.8 Å². The smallest absolute Gasteiger partial charge is 0.253 e. The molecule has 1 saturated carbocycles. The predicted molar refractivity (Wildman–Crippen MR) is 92.7 cm³/mol. The number of aromatic nitrogens is 3. The van der Waals surface area contributed by atoms with E-state index in [0.29, 0.717) is 18.4 Å². The number of aliphatic hydroxyl groups is 1. The number of nitrogens with zero attached hydrogens (tertiary/aromatic N) is 3. The second kappa shape index (κ2) is 6.57. The number of carbonyl (C=O) groups excluding carboxylic acids is 1. The Kier molecular flexibility index (Phi) is 4.11. The van der Waals surface area contributed by atoms with Crippen molar-refractivity contribution in [1.82, 2.24) is 20.5 Å². The molecule has 0 spiro atoms. The molecule has 0 aliphatic heterocycles. The van der Waals surface area contributed by atoms with Gasteiger partial charge in [-0.1, -0.05) is 18.2 Å². The fourth-order valence-electron chi connectivity index (χ4n) is 3.28. The van der Waals surface area contributed by atoms with E-state index in [2.05, 4.69) is 26.6 Å². The maximum atomic E-state index is 12.6. The maximum Gasteiger partial charge on any atom is 0.253 e. The number of benzene rings is 1. The lowest BCUT2D eigenvalue weighted by Crippen LogP contribution is -2.41. The second-order valence-corrected chi connectivity index (χ2v) is 6.43. The lowest BCUT2D eigenvalue weighted by Gasteiger charge is -2.38. The zero-order valence-electron chi connectivity index (χ0n) is 13.5. The van der Waals surface area contributed by atoms with E-state index in [1.54, 1.807) is 6.07 Å². The molecular formula is C19H18N4O2. The summed E-state index contributed by atoms with van der Waals surface area (Å²) in [5.74, 6) is -0.00819. The van der Waals surface area contributed by atoms with Crippen molar-refractivity contribution in [2.75, 3.05) is 0 Å². The van der Waals surface area contributed by atoms with E-state index in [1.807, 2.05) is 30.5 Å². The number of nitrogens with one attached hydrogen (secondary N) is 1. The highest BCUT2D eigenvalue weighted by Crippen LogP contribution is 2.38. The molecule has 3 aromatic rings. The van der Waals surface area contributed by atoms with Crippen molar-refractivity contribution < 1.29 is 9.90 Å². The van der Waals surface area contributed by atoms with Gasteiger partial charge < -0.3 is 10.4 Å². The normalized spacial score (nSPS) is 20.7. The second-order valence-electron chi connectivity index (χ2n) is 6.43.